The fourth-order valence-corrected chi connectivity index (χ4v) is 3.78. The lowest BCUT2D eigenvalue weighted by atomic mass is 9.99. The number of rotatable bonds is 4. The highest BCUT2D eigenvalue weighted by Crippen LogP contribution is 2.32. The Morgan fingerprint density at radius 3 is 2.64 bits per heavy atom. The van der Waals surface area contributed by atoms with Crippen LogP contribution < -0.4 is 0 Å². The fraction of sp³-hybridized carbons (Fsp3) is 0.227. The van der Waals surface area contributed by atoms with Crippen molar-refractivity contribution in [3.05, 3.63) is 83.7 Å². The highest BCUT2D eigenvalue weighted by molar-refractivity contribution is 5.70. The maximum atomic E-state index is 9.28. The first-order chi connectivity index (χ1) is 12.3. The predicted molar refractivity (Wildman–Crippen MR) is 99.8 cm³/mol. The number of benzene rings is 2. The lowest BCUT2D eigenvalue weighted by Crippen LogP contribution is -2.22. The third-order valence-electron chi connectivity index (χ3n) is 5.04. The first-order valence-corrected chi connectivity index (χ1v) is 8.81. The Balaban J connectivity index is 1.52. The number of nitrogens with zero attached hydrogens (tertiary/aromatic N) is 2. The van der Waals surface area contributed by atoms with Crippen molar-refractivity contribution < 1.29 is 0 Å². The molecule has 1 N–H and O–H groups in total. The summed E-state index contributed by atoms with van der Waals surface area (Å²) >= 11 is 0. The molecular formula is C22H21N3. The predicted octanol–water partition coefficient (Wildman–Crippen LogP) is 4.89. The second kappa shape index (κ2) is 6.96. The minimum Gasteiger partial charge on any atom is -0.364 e. The molecule has 25 heavy (non-hydrogen) atoms. The van der Waals surface area contributed by atoms with Gasteiger partial charge in [-0.15, -0.1) is 0 Å². The summed E-state index contributed by atoms with van der Waals surface area (Å²) in [5, 5.41) is 9.28. The van der Waals surface area contributed by atoms with E-state index in [1.54, 1.807) is 0 Å². The zero-order valence-electron chi connectivity index (χ0n) is 14.2. The van der Waals surface area contributed by atoms with Gasteiger partial charge in [0.15, 0.2) is 0 Å². The van der Waals surface area contributed by atoms with Crippen molar-refractivity contribution in [2.75, 3.05) is 6.54 Å². The summed E-state index contributed by atoms with van der Waals surface area (Å²) in [5.74, 6) is 0. The average Bonchev–Trinajstić information content (AvgIpc) is 3.34. The van der Waals surface area contributed by atoms with Crippen LogP contribution in [0.3, 0.4) is 0 Å². The lowest BCUT2D eigenvalue weighted by Gasteiger charge is -2.24. The molecule has 0 spiro atoms. The summed E-state index contributed by atoms with van der Waals surface area (Å²) in [5.41, 5.74) is 5.46. The molecule has 0 radical (unpaired) electrons. The maximum Gasteiger partial charge on any atom is 0.0998 e. The second-order valence-electron chi connectivity index (χ2n) is 6.61. The normalized spacial score (nSPS) is 17.5. The van der Waals surface area contributed by atoms with Gasteiger partial charge in [0.05, 0.1) is 17.7 Å². The van der Waals surface area contributed by atoms with Gasteiger partial charge in [0.25, 0.3) is 0 Å². The van der Waals surface area contributed by atoms with Crippen LogP contribution in [0.15, 0.2) is 66.9 Å². The Hall–Kier alpha value is -2.83. The Labute approximate surface area is 148 Å². The summed E-state index contributed by atoms with van der Waals surface area (Å²) < 4.78 is 0. The monoisotopic (exact) mass is 327 g/mol. The molecule has 3 heteroatoms. The van der Waals surface area contributed by atoms with Crippen LogP contribution >= 0.6 is 0 Å². The van der Waals surface area contributed by atoms with Crippen molar-refractivity contribution in [1.29, 1.82) is 5.26 Å². The number of H-pyrrole nitrogens is 1. The molecule has 1 aromatic heterocycles. The standard InChI is InChI=1S/C22H21N3/c23-15-19-5-1-2-6-20(19)18-11-9-17(10-12-18)16-25-14-4-8-22(25)21-7-3-13-24-21/h1-3,5-7,9-13,22,24H,4,8,14,16H2. The van der Waals surface area contributed by atoms with Gasteiger partial charge >= 0.3 is 0 Å². The quantitative estimate of drug-likeness (QED) is 0.741. The molecule has 0 saturated carbocycles. The van der Waals surface area contributed by atoms with E-state index in [1.807, 2.05) is 30.5 Å². The zero-order chi connectivity index (χ0) is 17.1. The van der Waals surface area contributed by atoms with E-state index in [0.29, 0.717) is 6.04 Å². The number of hydrogen-bond acceptors (Lipinski definition) is 2. The number of hydrogen-bond donors (Lipinski definition) is 1. The minimum atomic E-state index is 0.494. The van der Waals surface area contributed by atoms with Gasteiger partial charge in [-0.05, 0) is 54.3 Å². The van der Waals surface area contributed by atoms with Crippen LogP contribution in [0.4, 0.5) is 0 Å². The average molecular weight is 327 g/mol. The molecular weight excluding hydrogens is 306 g/mol. The summed E-state index contributed by atoms with van der Waals surface area (Å²) in [6, 6.07) is 23.4. The van der Waals surface area contributed by atoms with E-state index in [9.17, 15) is 5.26 Å². The lowest BCUT2D eigenvalue weighted by molar-refractivity contribution is 0.245. The molecule has 1 fully saturated rings. The largest absolute Gasteiger partial charge is 0.364 e. The molecule has 1 unspecified atom stereocenters. The Morgan fingerprint density at radius 2 is 1.88 bits per heavy atom. The van der Waals surface area contributed by atoms with Crippen molar-refractivity contribution in [1.82, 2.24) is 9.88 Å². The van der Waals surface area contributed by atoms with Crippen LogP contribution in [0.1, 0.15) is 35.7 Å². The summed E-state index contributed by atoms with van der Waals surface area (Å²) in [4.78, 5) is 5.91. The Morgan fingerprint density at radius 1 is 1.04 bits per heavy atom. The molecule has 4 rings (SSSR count). The van der Waals surface area contributed by atoms with Gasteiger partial charge in [0.2, 0.25) is 0 Å². The topological polar surface area (TPSA) is 42.8 Å². The van der Waals surface area contributed by atoms with Gasteiger partial charge in [-0.25, -0.2) is 0 Å². The molecule has 2 heterocycles. The molecule has 1 saturated heterocycles. The van der Waals surface area contributed by atoms with Crippen molar-refractivity contribution >= 4 is 0 Å². The number of aromatic nitrogens is 1. The van der Waals surface area contributed by atoms with E-state index < -0.39 is 0 Å². The van der Waals surface area contributed by atoms with Crippen LogP contribution in [-0.4, -0.2) is 16.4 Å². The fourth-order valence-electron chi connectivity index (χ4n) is 3.78. The maximum absolute atomic E-state index is 9.28. The van der Waals surface area contributed by atoms with Crippen LogP contribution in [0.5, 0.6) is 0 Å². The van der Waals surface area contributed by atoms with Crippen molar-refractivity contribution in [2.24, 2.45) is 0 Å². The third kappa shape index (κ3) is 3.22. The van der Waals surface area contributed by atoms with Crippen molar-refractivity contribution in [3.8, 4) is 17.2 Å². The van der Waals surface area contributed by atoms with E-state index in [2.05, 4.69) is 52.4 Å². The number of nitriles is 1. The molecule has 2 aromatic carbocycles. The van der Waals surface area contributed by atoms with E-state index in [4.69, 9.17) is 0 Å². The van der Waals surface area contributed by atoms with E-state index in [1.165, 1.54) is 24.1 Å². The molecule has 1 aliphatic heterocycles. The van der Waals surface area contributed by atoms with Gasteiger partial charge in [-0.2, -0.15) is 5.26 Å². The Bertz CT molecular complexity index is 872. The highest BCUT2D eigenvalue weighted by Gasteiger charge is 2.26. The molecule has 3 aromatic rings. The molecule has 0 aliphatic carbocycles. The van der Waals surface area contributed by atoms with Gasteiger partial charge in [-0.3, -0.25) is 4.90 Å². The van der Waals surface area contributed by atoms with Crippen molar-refractivity contribution in [3.63, 3.8) is 0 Å². The third-order valence-corrected chi connectivity index (χ3v) is 5.04. The van der Waals surface area contributed by atoms with E-state index in [-0.39, 0.29) is 0 Å². The first-order valence-electron chi connectivity index (χ1n) is 8.81. The van der Waals surface area contributed by atoms with Gasteiger partial charge in [-0.1, -0.05) is 42.5 Å². The van der Waals surface area contributed by atoms with Gasteiger partial charge < -0.3 is 4.98 Å². The summed E-state index contributed by atoms with van der Waals surface area (Å²) in [7, 11) is 0. The zero-order valence-corrected chi connectivity index (χ0v) is 14.2. The van der Waals surface area contributed by atoms with E-state index >= 15 is 0 Å². The molecule has 124 valence electrons. The molecule has 3 nitrogen and oxygen atoms in total. The van der Waals surface area contributed by atoms with Crippen LogP contribution in [-0.2, 0) is 6.54 Å². The SMILES string of the molecule is N#Cc1ccccc1-c1ccc(CN2CCCC2c2ccc[nH]2)cc1. The molecule has 1 atom stereocenters. The van der Waals surface area contributed by atoms with Crippen LogP contribution in [0, 0.1) is 11.3 Å². The Kier molecular flexibility index (Phi) is 4.37. The van der Waals surface area contributed by atoms with Crippen LogP contribution in [0.25, 0.3) is 11.1 Å². The summed E-state index contributed by atoms with van der Waals surface area (Å²) in [6.07, 6.45) is 4.47. The molecule has 0 bridgehead atoms. The summed E-state index contributed by atoms with van der Waals surface area (Å²) in [6.45, 7) is 2.10. The molecule has 1 aliphatic rings. The number of likely N-dealkylation sites (tertiary alicyclic amines) is 1. The minimum absolute atomic E-state index is 0.494. The smallest absolute Gasteiger partial charge is 0.0998 e. The number of nitrogens with one attached hydrogen (secondary N) is 1. The van der Waals surface area contributed by atoms with Crippen molar-refractivity contribution in [2.45, 2.75) is 25.4 Å². The van der Waals surface area contributed by atoms with Crippen LogP contribution in [0.2, 0.25) is 0 Å². The van der Waals surface area contributed by atoms with Gasteiger partial charge in [0, 0.05) is 18.4 Å². The van der Waals surface area contributed by atoms with Gasteiger partial charge in [0.1, 0.15) is 0 Å². The number of aromatic amines is 1. The first kappa shape index (κ1) is 15.7. The second-order valence-corrected chi connectivity index (χ2v) is 6.61. The molecule has 0 amide bonds. The highest BCUT2D eigenvalue weighted by atomic mass is 15.2. The van der Waals surface area contributed by atoms with E-state index in [0.717, 1.165) is 29.8 Å².